The first kappa shape index (κ1) is 35.3. The molecule has 0 radical (unpaired) electrons. The molecule has 0 amide bonds. The van der Waals surface area contributed by atoms with Gasteiger partial charge in [0, 0.05) is 44.3 Å². The van der Waals surface area contributed by atoms with Crippen LogP contribution in [0.2, 0.25) is 0 Å². The minimum absolute atomic E-state index is 0.107. The molecule has 0 fully saturated rings. The van der Waals surface area contributed by atoms with Crippen molar-refractivity contribution in [3.63, 3.8) is 0 Å². The monoisotopic (exact) mass is 778 g/mol. The minimum Gasteiger partial charge on any atom is -0.310 e. The summed E-state index contributed by atoms with van der Waals surface area (Å²) in [5.41, 5.74) is 17.0. The van der Waals surface area contributed by atoms with E-state index in [9.17, 15) is 0 Å². The van der Waals surface area contributed by atoms with E-state index in [0.29, 0.717) is 0 Å². The summed E-state index contributed by atoms with van der Waals surface area (Å²) in [6.45, 7) is 4.71. The second kappa shape index (κ2) is 13.7. The fourth-order valence-electron chi connectivity index (χ4n) is 10.2. The third-order valence-corrected chi connectivity index (χ3v) is 13.2. The standard InChI is InChI=1S/C59H42N2/c1-59(2)54-25-12-10-21-49(54)50-36-35-46(38-55(50)59)60(43-31-27-40(28-32-43)39-15-4-3-5-16-39)45-18-14-17-42(37-45)41-29-33-44(34-30-41)61-56-26-13-11-24-53(56)57-51-22-8-6-19-47(51)48-20-7-9-23-52(48)58(57)61/h3-38H,1-2H3. The smallest absolute Gasteiger partial charge is 0.0625 e. The Hall–Kier alpha value is -7.68. The molecular formula is C59H42N2. The van der Waals surface area contributed by atoms with Gasteiger partial charge in [0.05, 0.1) is 11.0 Å². The fourth-order valence-corrected chi connectivity index (χ4v) is 10.2. The van der Waals surface area contributed by atoms with Crippen LogP contribution in [0.15, 0.2) is 218 Å². The van der Waals surface area contributed by atoms with E-state index in [4.69, 9.17) is 0 Å². The molecule has 2 heteroatoms. The molecule has 0 N–H and O–H groups in total. The molecule has 1 heterocycles. The van der Waals surface area contributed by atoms with Gasteiger partial charge < -0.3 is 9.47 Å². The lowest BCUT2D eigenvalue weighted by atomic mass is 9.82. The third kappa shape index (κ3) is 5.49. The Morgan fingerprint density at radius 2 is 0.902 bits per heavy atom. The van der Waals surface area contributed by atoms with E-state index in [0.717, 1.165) is 22.7 Å². The van der Waals surface area contributed by atoms with Gasteiger partial charge in [-0.1, -0.05) is 178 Å². The average Bonchev–Trinajstić information content (AvgIpc) is 3.79. The summed E-state index contributed by atoms with van der Waals surface area (Å²) in [7, 11) is 0. The topological polar surface area (TPSA) is 8.17 Å². The van der Waals surface area contributed by atoms with Gasteiger partial charge in [0.25, 0.3) is 0 Å². The molecular weight excluding hydrogens is 737 g/mol. The fraction of sp³-hybridized carbons (Fsp3) is 0.0508. The number of para-hydroxylation sites is 1. The summed E-state index contributed by atoms with van der Waals surface area (Å²) in [5.74, 6) is 0. The van der Waals surface area contributed by atoms with Crippen molar-refractivity contribution >= 4 is 60.4 Å². The molecule has 288 valence electrons. The van der Waals surface area contributed by atoms with E-state index in [1.54, 1.807) is 0 Å². The first-order valence-electron chi connectivity index (χ1n) is 21.3. The molecule has 0 saturated carbocycles. The number of rotatable bonds is 6. The van der Waals surface area contributed by atoms with Gasteiger partial charge in [-0.3, -0.25) is 0 Å². The normalized spacial score (nSPS) is 12.9. The second-order valence-electron chi connectivity index (χ2n) is 16.9. The van der Waals surface area contributed by atoms with Crippen molar-refractivity contribution in [2.45, 2.75) is 19.3 Å². The number of hydrogen-bond donors (Lipinski definition) is 0. The average molecular weight is 779 g/mol. The Morgan fingerprint density at radius 3 is 1.69 bits per heavy atom. The van der Waals surface area contributed by atoms with Crippen molar-refractivity contribution in [1.82, 2.24) is 4.57 Å². The summed E-state index contributed by atoms with van der Waals surface area (Å²) in [6, 6.07) is 80.3. The molecule has 10 aromatic carbocycles. The quantitative estimate of drug-likeness (QED) is 0.153. The largest absolute Gasteiger partial charge is 0.310 e. The predicted molar refractivity (Wildman–Crippen MR) is 259 cm³/mol. The zero-order valence-electron chi connectivity index (χ0n) is 34.2. The van der Waals surface area contributed by atoms with E-state index in [-0.39, 0.29) is 5.41 Å². The molecule has 0 aliphatic heterocycles. The van der Waals surface area contributed by atoms with Crippen LogP contribution >= 0.6 is 0 Å². The van der Waals surface area contributed by atoms with Gasteiger partial charge in [0.1, 0.15) is 0 Å². The van der Waals surface area contributed by atoms with Crippen LogP contribution in [-0.2, 0) is 5.41 Å². The Morgan fingerprint density at radius 1 is 0.361 bits per heavy atom. The van der Waals surface area contributed by atoms with Gasteiger partial charge in [-0.2, -0.15) is 0 Å². The Kier molecular flexibility index (Phi) is 7.92. The summed E-state index contributed by atoms with van der Waals surface area (Å²) in [6.07, 6.45) is 0. The van der Waals surface area contributed by atoms with Gasteiger partial charge >= 0.3 is 0 Å². The van der Waals surface area contributed by atoms with Crippen molar-refractivity contribution in [3.05, 3.63) is 230 Å². The highest BCUT2D eigenvalue weighted by Gasteiger charge is 2.35. The van der Waals surface area contributed by atoms with Crippen molar-refractivity contribution in [2.75, 3.05) is 4.90 Å². The van der Waals surface area contributed by atoms with E-state index in [1.165, 1.54) is 87.9 Å². The first-order chi connectivity index (χ1) is 30.0. The highest BCUT2D eigenvalue weighted by molar-refractivity contribution is 6.32. The zero-order valence-corrected chi connectivity index (χ0v) is 34.2. The van der Waals surface area contributed by atoms with Gasteiger partial charge in [-0.05, 0) is 115 Å². The lowest BCUT2D eigenvalue weighted by Crippen LogP contribution is -2.16. The van der Waals surface area contributed by atoms with Crippen molar-refractivity contribution in [3.8, 4) is 39.1 Å². The van der Waals surface area contributed by atoms with Crippen LogP contribution in [0, 0.1) is 0 Å². The molecule has 0 spiro atoms. The molecule has 11 aromatic rings. The minimum atomic E-state index is -0.107. The molecule has 0 unspecified atom stereocenters. The summed E-state index contributed by atoms with van der Waals surface area (Å²) >= 11 is 0. The third-order valence-electron chi connectivity index (χ3n) is 13.2. The van der Waals surface area contributed by atoms with E-state index in [2.05, 4.69) is 242 Å². The van der Waals surface area contributed by atoms with Crippen molar-refractivity contribution in [1.29, 1.82) is 0 Å². The van der Waals surface area contributed by atoms with Crippen LogP contribution in [-0.4, -0.2) is 4.57 Å². The first-order valence-corrected chi connectivity index (χ1v) is 21.3. The number of benzene rings is 10. The predicted octanol–water partition coefficient (Wildman–Crippen LogP) is 16.2. The maximum atomic E-state index is 2.47. The second-order valence-corrected chi connectivity index (χ2v) is 16.9. The Labute approximate surface area is 356 Å². The van der Waals surface area contributed by atoms with Crippen LogP contribution in [0.25, 0.3) is 82.4 Å². The molecule has 0 bridgehead atoms. The lowest BCUT2D eigenvalue weighted by molar-refractivity contribution is 0.660. The molecule has 1 aliphatic rings. The summed E-state index contributed by atoms with van der Waals surface area (Å²) in [4.78, 5) is 2.42. The Bertz CT molecular complexity index is 3480. The number of fused-ring (bicyclic) bond motifs is 11. The SMILES string of the molecule is CC1(C)c2ccccc2-c2ccc(N(c3ccc(-c4ccccc4)cc3)c3cccc(-c4ccc(-n5c6ccccc6c6c7ccccc7c7ccccc7c65)cc4)c3)cc21. The van der Waals surface area contributed by atoms with Gasteiger partial charge in [-0.25, -0.2) is 0 Å². The van der Waals surface area contributed by atoms with Crippen LogP contribution in [0.4, 0.5) is 17.1 Å². The molecule has 12 rings (SSSR count). The van der Waals surface area contributed by atoms with Gasteiger partial charge in [0.15, 0.2) is 0 Å². The van der Waals surface area contributed by atoms with Crippen molar-refractivity contribution in [2.24, 2.45) is 0 Å². The van der Waals surface area contributed by atoms with Crippen molar-refractivity contribution < 1.29 is 0 Å². The number of aromatic nitrogens is 1. The number of nitrogens with zero attached hydrogens (tertiary/aromatic N) is 2. The van der Waals surface area contributed by atoms with E-state index < -0.39 is 0 Å². The summed E-state index contributed by atoms with van der Waals surface area (Å²) in [5, 5.41) is 7.69. The highest BCUT2D eigenvalue weighted by atomic mass is 15.1. The molecule has 1 aliphatic carbocycles. The van der Waals surface area contributed by atoms with E-state index in [1.807, 2.05) is 0 Å². The maximum absolute atomic E-state index is 2.47. The molecule has 0 atom stereocenters. The van der Waals surface area contributed by atoms with E-state index >= 15 is 0 Å². The van der Waals surface area contributed by atoms with Crippen LogP contribution < -0.4 is 4.90 Å². The number of hydrogen-bond acceptors (Lipinski definition) is 1. The van der Waals surface area contributed by atoms with Crippen LogP contribution in [0.1, 0.15) is 25.0 Å². The van der Waals surface area contributed by atoms with Gasteiger partial charge in [0.2, 0.25) is 0 Å². The molecule has 2 nitrogen and oxygen atoms in total. The molecule has 0 saturated heterocycles. The molecule has 61 heavy (non-hydrogen) atoms. The molecule has 1 aromatic heterocycles. The number of anilines is 3. The zero-order chi connectivity index (χ0) is 40.7. The van der Waals surface area contributed by atoms with Gasteiger partial charge in [-0.15, -0.1) is 0 Å². The lowest BCUT2D eigenvalue weighted by Gasteiger charge is -2.28. The highest BCUT2D eigenvalue weighted by Crippen LogP contribution is 2.51. The van der Waals surface area contributed by atoms with Crippen LogP contribution in [0.3, 0.4) is 0 Å². The summed E-state index contributed by atoms with van der Waals surface area (Å²) < 4.78 is 2.47. The van der Waals surface area contributed by atoms with Crippen LogP contribution in [0.5, 0.6) is 0 Å². The Balaban J connectivity index is 0.981. The maximum Gasteiger partial charge on any atom is 0.0625 e.